The van der Waals surface area contributed by atoms with Crippen molar-refractivity contribution in [1.29, 1.82) is 0 Å². The van der Waals surface area contributed by atoms with Gasteiger partial charge in [0.25, 0.3) is 0 Å². The number of nitrogens with zero attached hydrogens (tertiary/aromatic N) is 3. The molecule has 2 heterocycles. The minimum Gasteiger partial charge on any atom is -0.369 e. The highest BCUT2D eigenvalue weighted by atomic mass is 15.3. The third-order valence-corrected chi connectivity index (χ3v) is 4.38. The Morgan fingerprint density at radius 1 is 0.864 bits per heavy atom. The second-order valence-electron chi connectivity index (χ2n) is 5.80. The van der Waals surface area contributed by atoms with Gasteiger partial charge in [-0.05, 0) is 29.7 Å². The van der Waals surface area contributed by atoms with Crippen molar-refractivity contribution in [2.75, 3.05) is 37.6 Å². The molecule has 0 amide bonds. The molecule has 0 saturated carbocycles. The first-order valence-corrected chi connectivity index (χ1v) is 8.00. The second-order valence-corrected chi connectivity index (χ2v) is 5.80. The zero-order valence-electron chi connectivity index (χ0n) is 13.0. The van der Waals surface area contributed by atoms with Crippen LogP contribution in [0.4, 0.5) is 5.69 Å². The zero-order valence-corrected chi connectivity index (χ0v) is 13.0. The number of pyridine rings is 1. The van der Waals surface area contributed by atoms with Crippen LogP contribution < -0.4 is 10.6 Å². The van der Waals surface area contributed by atoms with Gasteiger partial charge in [-0.3, -0.25) is 9.88 Å². The van der Waals surface area contributed by atoms with Crippen molar-refractivity contribution in [2.45, 2.75) is 13.0 Å². The Morgan fingerprint density at radius 2 is 1.50 bits per heavy atom. The number of hydrogen-bond donors (Lipinski definition) is 1. The van der Waals surface area contributed by atoms with Crippen molar-refractivity contribution in [3.63, 3.8) is 0 Å². The maximum Gasteiger partial charge on any atom is 0.0397 e. The summed E-state index contributed by atoms with van der Waals surface area (Å²) in [6.07, 6.45) is 4.85. The zero-order chi connectivity index (χ0) is 15.2. The summed E-state index contributed by atoms with van der Waals surface area (Å²) in [7, 11) is 0. The highest BCUT2D eigenvalue weighted by Crippen LogP contribution is 2.15. The summed E-state index contributed by atoms with van der Waals surface area (Å²) in [5.41, 5.74) is 9.52. The minimum absolute atomic E-state index is 0.622. The van der Waals surface area contributed by atoms with E-state index in [1.807, 2.05) is 12.4 Å². The van der Waals surface area contributed by atoms with Gasteiger partial charge in [0.15, 0.2) is 0 Å². The highest BCUT2D eigenvalue weighted by molar-refractivity contribution is 5.44. The van der Waals surface area contributed by atoms with E-state index in [1.165, 1.54) is 16.8 Å². The van der Waals surface area contributed by atoms with Gasteiger partial charge in [-0.25, -0.2) is 0 Å². The number of nitrogens with two attached hydrogens (primary N) is 1. The lowest BCUT2D eigenvalue weighted by Gasteiger charge is -2.36. The van der Waals surface area contributed by atoms with Gasteiger partial charge in [0, 0.05) is 57.3 Å². The third kappa shape index (κ3) is 3.84. The van der Waals surface area contributed by atoms with Crippen LogP contribution in [0.25, 0.3) is 0 Å². The lowest BCUT2D eigenvalue weighted by Crippen LogP contribution is -2.47. The summed E-state index contributed by atoms with van der Waals surface area (Å²) in [6, 6.07) is 12.9. The minimum atomic E-state index is 0.622. The maximum atomic E-state index is 5.63. The summed E-state index contributed by atoms with van der Waals surface area (Å²) in [5, 5.41) is 0. The van der Waals surface area contributed by atoms with E-state index >= 15 is 0 Å². The molecule has 0 unspecified atom stereocenters. The quantitative estimate of drug-likeness (QED) is 0.915. The molecular formula is C18H24N4. The van der Waals surface area contributed by atoms with Crippen LogP contribution in [0.3, 0.4) is 0 Å². The molecule has 1 aliphatic heterocycles. The molecule has 1 aliphatic rings. The van der Waals surface area contributed by atoms with Gasteiger partial charge in [-0.15, -0.1) is 0 Å². The highest BCUT2D eigenvalue weighted by Gasteiger charge is 2.16. The average Bonchev–Trinajstić information content (AvgIpc) is 2.61. The average molecular weight is 296 g/mol. The summed E-state index contributed by atoms with van der Waals surface area (Å²) >= 11 is 0. The standard InChI is InChI=1S/C18H24N4/c19-15-17-3-1-16(2-4-17)7-10-21-11-13-22(14-12-21)18-5-8-20-9-6-18/h1-6,8-9H,7,10-15,19H2. The molecule has 22 heavy (non-hydrogen) atoms. The Kier molecular flexibility index (Phi) is 5.03. The van der Waals surface area contributed by atoms with Gasteiger partial charge >= 0.3 is 0 Å². The van der Waals surface area contributed by atoms with E-state index in [0.717, 1.165) is 39.1 Å². The van der Waals surface area contributed by atoms with Crippen LogP contribution in [0.15, 0.2) is 48.8 Å². The molecule has 0 radical (unpaired) electrons. The molecule has 2 aromatic rings. The van der Waals surface area contributed by atoms with Crippen LogP contribution >= 0.6 is 0 Å². The molecule has 1 fully saturated rings. The van der Waals surface area contributed by atoms with E-state index in [2.05, 4.69) is 51.2 Å². The fourth-order valence-electron chi connectivity index (χ4n) is 2.91. The molecular weight excluding hydrogens is 272 g/mol. The van der Waals surface area contributed by atoms with Gasteiger partial charge in [-0.1, -0.05) is 24.3 Å². The Labute approximate surface area is 132 Å². The molecule has 0 atom stereocenters. The summed E-state index contributed by atoms with van der Waals surface area (Å²) in [6.45, 7) is 6.20. The van der Waals surface area contributed by atoms with Crippen LogP contribution in [0.5, 0.6) is 0 Å². The maximum absolute atomic E-state index is 5.63. The van der Waals surface area contributed by atoms with Gasteiger partial charge in [-0.2, -0.15) is 0 Å². The molecule has 2 N–H and O–H groups in total. The first-order valence-electron chi connectivity index (χ1n) is 8.00. The lowest BCUT2D eigenvalue weighted by atomic mass is 10.1. The Hall–Kier alpha value is -1.91. The molecule has 3 rings (SSSR count). The molecule has 116 valence electrons. The van der Waals surface area contributed by atoms with Gasteiger partial charge in [0.1, 0.15) is 0 Å². The molecule has 0 spiro atoms. The van der Waals surface area contributed by atoms with Gasteiger partial charge < -0.3 is 10.6 Å². The normalized spacial score (nSPS) is 16.0. The van der Waals surface area contributed by atoms with Crippen molar-refractivity contribution in [2.24, 2.45) is 5.73 Å². The number of anilines is 1. The summed E-state index contributed by atoms with van der Waals surface area (Å²) in [5.74, 6) is 0. The number of piperazine rings is 1. The number of aromatic nitrogens is 1. The topological polar surface area (TPSA) is 45.4 Å². The van der Waals surface area contributed by atoms with Crippen molar-refractivity contribution < 1.29 is 0 Å². The predicted octanol–water partition coefficient (Wildman–Crippen LogP) is 1.90. The molecule has 1 aromatic carbocycles. The van der Waals surface area contributed by atoms with E-state index in [0.29, 0.717) is 6.54 Å². The monoisotopic (exact) mass is 296 g/mol. The smallest absolute Gasteiger partial charge is 0.0397 e. The SMILES string of the molecule is NCc1ccc(CCN2CCN(c3ccncc3)CC2)cc1. The molecule has 4 nitrogen and oxygen atoms in total. The fourth-order valence-corrected chi connectivity index (χ4v) is 2.91. The van der Waals surface area contributed by atoms with E-state index in [9.17, 15) is 0 Å². The van der Waals surface area contributed by atoms with Crippen LogP contribution in [0, 0.1) is 0 Å². The van der Waals surface area contributed by atoms with Gasteiger partial charge in [0.05, 0.1) is 0 Å². The molecule has 1 aromatic heterocycles. The van der Waals surface area contributed by atoms with E-state index < -0.39 is 0 Å². The van der Waals surface area contributed by atoms with Crippen LogP contribution in [-0.2, 0) is 13.0 Å². The van der Waals surface area contributed by atoms with Crippen molar-refractivity contribution >= 4 is 5.69 Å². The van der Waals surface area contributed by atoms with Crippen LogP contribution in [-0.4, -0.2) is 42.6 Å². The van der Waals surface area contributed by atoms with Crippen LogP contribution in [0.1, 0.15) is 11.1 Å². The summed E-state index contributed by atoms with van der Waals surface area (Å²) < 4.78 is 0. The largest absolute Gasteiger partial charge is 0.369 e. The molecule has 1 saturated heterocycles. The second kappa shape index (κ2) is 7.38. The summed E-state index contributed by atoms with van der Waals surface area (Å²) in [4.78, 5) is 9.07. The number of benzene rings is 1. The van der Waals surface area contributed by atoms with Crippen LogP contribution in [0.2, 0.25) is 0 Å². The van der Waals surface area contributed by atoms with Gasteiger partial charge in [0.2, 0.25) is 0 Å². The van der Waals surface area contributed by atoms with Crippen molar-refractivity contribution in [3.8, 4) is 0 Å². The van der Waals surface area contributed by atoms with Crippen molar-refractivity contribution in [1.82, 2.24) is 9.88 Å². The first-order chi connectivity index (χ1) is 10.8. The van der Waals surface area contributed by atoms with E-state index in [1.54, 1.807) is 0 Å². The number of hydrogen-bond acceptors (Lipinski definition) is 4. The Morgan fingerprint density at radius 3 is 2.14 bits per heavy atom. The van der Waals surface area contributed by atoms with E-state index in [-0.39, 0.29) is 0 Å². The molecule has 0 bridgehead atoms. The fraction of sp³-hybridized carbons (Fsp3) is 0.389. The Bertz CT molecular complexity index is 559. The van der Waals surface area contributed by atoms with E-state index in [4.69, 9.17) is 5.73 Å². The Balaban J connectivity index is 1.45. The number of rotatable bonds is 5. The molecule has 4 heteroatoms. The van der Waals surface area contributed by atoms with Crippen molar-refractivity contribution in [3.05, 3.63) is 59.9 Å². The third-order valence-electron chi connectivity index (χ3n) is 4.38. The first kappa shape index (κ1) is 15.0. The predicted molar refractivity (Wildman–Crippen MR) is 90.9 cm³/mol. The molecule has 0 aliphatic carbocycles. The lowest BCUT2D eigenvalue weighted by molar-refractivity contribution is 0.261.